The minimum Gasteiger partial charge on any atom is -0.477 e. The van der Waals surface area contributed by atoms with Crippen molar-refractivity contribution in [2.75, 3.05) is 6.61 Å². The van der Waals surface area contributed by atoms with Gasteiger partial charge in [-0.25, -0.2) is 18.6 Å². The highest BCUT2D eigenvalue weighted by Crippen LogP contribution is 2.19. The number of halogens is 2. The van der Waals surface area contributed by atoms with Gasteiger partial charge in [-0.2, -0.15) is 0 Å². The molecule has 4 nitrogen and oxygen atoms in total. The van der Waals surface area contributed by atoms with Gasteiger partial charge in [-0.1, -0.05) is 0 Å². The fourth-order valence-corrected chi connectivity index (χ4v) is 1.02. The van der Waals surface area contributed by atoms with Gasteiger partial charge in [0.05, 0.1) is 0 Å². The number of carboxylic acid groups (broad SMARTS) is 1. The summed E-state index contributed by atoms with van der Waals surface area (Å²) in [6.45, 7) is 1.43. The van der Waals surface area contributed by atoms with Crippen molar-refractivity contribution >= 4 is 5.97 Å². The minimum atomic E-state index is -3.03. The van der Waals surface area contributed by atoms with E-state index in [9.17, 15) is 13.6 Å². The van der Waals surface area contributed by atoms with Gasteiger partial charge in [0.15, 0.2) is 6.61 Å². The Morgan fingerprint density at radius 1 is 1.62 bits per heavy atom. The average Bonchev–Trinajstić information content (AvgIpc) is 2.14. The number of alkyl halides is 2. The Hall–Kier alpha value is -1.72. The zero-order valence-electron chi connectivity index (χ0n) is 8.83. The Morgan fingerprint density at radius 2 is 2.25 bits per heavy atom. The molecule has 6 heteroatoms. The molecule has 0 amide bonds. The Morgan fingerprint density at radius 3 is 2.75 bits per heavy atom. The lowest BCUT2D eigenvalue weighted by molar-refractivity contribution is -0.0246. The number of nitrogens with zero attached hydrogens (tertiary/aromatic N) is 1. The summed E-state index contributed by atoms with van der Waals surface area (Å²) < 4.78 is 29.7. The number of pyridine rings is 1. The summed E-state index contributed by atoms with van der Waals surface area (Å²) in [6.07, 6.45) is 1.36. The third-order valence-electron chi connectivity index (χ3n) is 1.68. The zero-order valence-corrected chi connectivity index (χ0v) is 8.83. The van der Waals surface area contributed by atoms with E-state index in [2.05, 4.69) is 9.72 Å². The lowest BCUT2D eigenvalue weighted by atomic mass is 10.2. The van der Waals surface area contributed by atoms with Crippen LogP contribution in [-0.4, -0.2) is 28.6 Å². The molecule has 1 aromatic heterocycles. The highest BCUT2D eigenvalue weighted by atomic mass is 19.3. The van der Waals surface area contributed by atoms with Crippen LogP contribution in [0.4, 0.5) is 8.78 Å². The maximum absolute atomic E-state index is 12.5. The van der Waals surface area contributed by atoms with Crippen LogP contribution in [-0.2, 0) is 0 Å². The van der Waals surface area contributed by atoms with Crippen molar-refractivity contribution in [3.05, 3.63) is 23.4 Å². The van der Waals surface area contributed by atoms with Crippen molar-refractivity contribution in [1.29, 1.82) is 0 Å². The zero-order chi connectivity index (χ0) is 12.3. The Kier molecular flexibility index (Phi) is 3.41. The van der Waals surface area contributed by atoms with Gasteiger partial charge in [0.2, 0.25) is 5.88 Å². The number of aromatic nitrogens is 1. The van der Waals surface area contributed by atoms with Crippen molar-refractivity contribution in [2.45, 2.75) is 19.8 Å². The van der Waals surface area contributed by atoms with Gasteiger partial charge < -0.3 is 9.84 Å². The Bertz CT molecular complexity index is 402. The summed E-state index contributed by atoms with van der Waals surface area (Å²) in [5.74, 6) is -4.58. The molecule has 0 spiro atoms. The number of rotatable bonds is 4. The van der Waals surface area contributed by atoms with Crippen LogP contribution in [0.1, 0.15) is 22.8 Å². The van der Waals surface area contributed by atoms with Crippen LogP contribution < -0.4 is 4.74 Å². The molecule has 88 valence electrons. The molecule has 0 bridgehead atoms. The van der Waals surface area contributed by atoms with Crippen molar-refractivity contribution < 1.29 is 23.4 Å². The van der Waals surface area contributed by atoms with E-state index >= 15 is 0 Å². The first-order valence-corrected chi connectivity index (χ1v) is 4.50. The van der Waals surface area contributed by atoms with E-state index in [1.807, 2.05) is 0 Å². The van der Waals surface area contributed by atoms with Crippen molar-refractivity contribution in [2.24, 2.45) is 0 Å². The van der Waals surface area contributed by atoms with Gasteiger partial charge in [0, 0.05) is 13.1 Å². The molecule has 0 aliphatic heterocycles. The number of aryl methyl sites for hydroxylation is 1. The van der Waals surface area contributed by atoms with Gasteiger partial charge >= 0.3 is 5.97 Å². The molecule has 0 saturated heterocycles. The number of carboxylic acids is 1. The molecule has 16 heavy (non-hydrogen) atoms. The Labute approximate surface area is 90.9 Å². The quantitative estimate of drug-likeness (QED) is 0.862. The molecule has 0 aliphatic rings. The molecule has 0 aliphatic carbocycles. The number of carbonyl (C=O) groups is 1. The Balaban J connectivity index is 2.91. The molecule has 0 atom stereocenters. The monoisotopic (exact) mass is 231 g/mol. The molecule has 0 unspecified atom stereocenters. The molecule has 0 fully saturated rings. The molecule has 1 aromatic rings. The highest BCUT2D eigenvalue weighted by molar-refractivity contribution is 5.90. The number of ether oxygens (including phenoxy) is 1. The maximum atomic E-state index is 12.5. The number of aromatic carboxylic acids is 1. The lowest BCUT2D eigenvalue weighted by Gasteiger charge is -2.12. The lowest BCUT2D eigenvalue weighted by Crippen LogP contribution is -2.22. The van der Waals surface area contributed by atoms with E-state index in [0.717, 1.165) is 0 Å². The van der Waals surface area contributed by atoms with Gasteiger partial charge in [-0.15, -0.1) is 0 Å². The second-order valence-electron chi connectivity index (χ2n) is 3.53. The van der Waals surface area contributed by atoms with Gasteiger partial charge in [0.25, 0.3) is 5.92 Å². The topological polar surface area (TPSA) is 59.4 Å². The van der Waals surface area contributed by atoms with Gasteiger partial charge in [0.1, 0.15) is 5.56 Å². The fraction of sp³-hybridized carbons (Fsp3) is 0.400. The molecule has 1 rings (SSSR count). The molecule has 1 N–H and O–H groups in total. The SMILES string of the molecule is Cc1cnc(OCC(C)(F)F)c(C(=O)O)c1. The van der Waals surface area contributed by atoms with E-state index < -0.39 is 18.5 Å². The van der Waals surface area contributed by atoms with Crippen LogP contribution in [0.25, 0.3) is 0 Å². The van der Waals surface area contributed by atoms with E-state index in [0.29, 0.717) is 12.5 Å². The largest absolute Gasteiger partial charge is 0.477 e. The summed E-state index contributed by atoms with van der Waals surface area (Å²) in [6, 6.07) is 1.32. The molecule has 0 aromatic carbocycles. The van der Waals surface area contributed by atoms with E-state index in [-0.39, 0.29) is 11.4 Å². The van der Waals surface area contributed by atoms with Crippen LogP contribution in [0.2, 0.25) is 0 Å². The first kappa shape index (κ1) is 12.4. The molecular formula is C10H11F2NO3. The summed E-state index contributed by atoms with van der Waals surface area (Å²) in [4.78, 5) is 14.5. The predicted octanol–water partition coefficient (Wildman–Crippen LogP) is 2.12. The van der Waals surface area contributed by atoms with Crippen molar-refractivity contribution in [3.8, 4) is 5.88 Å². The van der Waals surface area contributed by atoms with Crippen LogP contribution in [0.3, 0.4) is 0 Å². The molecule has 0 radical (unpaired) electrons. The number of hydrogen-bond acceptors (Lipinski definition) is 3. The van der Waals surface area contributed by atoms with Crippen LogP contribution >= 0.6 is 0 Å². The predicted molar refractivity (Wildman–Crippen MR) is 52.0 cm³/mol. The first-order chi connectivity index (χ1) is 7.29. The molecule has 1 heterocycles. The van der Waals surface area contributed by atoms with E-state index in [1.165, 1.54) is 12.3 Å². The van der Waals surface area contributed by atoms with Crippen LogP contribution in [0, 0.1) is 6.92 Å². The highest BCUT2D eigenvalue weighted by Gasteiger charge is 2.24. The van der Waals surface area contributed by atoms with Gasteiger partial charge in [-0.3, -0.25) is 0 Å². The van der Waals surface area contributed by atoms with Gasteiger partial charge in [-0.05, 0) is 18.6 Å². The average molecular weight is 231 g/mol. The maximum Gasteiger partial charge on any atom is 0.341 e. The molecular weight excluding hydrogens is 220 g/mol. The normalized spacial score (nSPS) is 11.2. The van der Waals surface area contributed by atoms with Crippen molar-refractivity contribution in [3.63, 3.8) is 0 Å². The molecule has 0 saturated carbocycles. The third kappa shape index (κ3) is 3.45. The second kappa shape index (κ2) is 4.42. The van der Waals surface area contributed by atoms with Crippen molar-refractivity contribution in [1.82, 2.24) is 4.98 Å². The second-order valence-corrected chi connectivity index (χ2v) is 3.53. The fourth-order valence-electron chi connectivity index (χ4n) is 1.02. The summed E-state index contributed by atoms with van der Waals surface area (Å²) in [5, 5.41) is 8.81. The van der Waals surface area contributed by atoms with Crippen LogP contribution in [0.15, 0.2) is 12.3 Å². The minimum absolute atomic E-state index is 0.218. The first-order valence-electron chi connectivity index (χ1n) is 4.50. The number of hydrogen-bond donors (Lipinski definition) is 1. The third-order valence-corrected chi connectivity index (χ3v) is 1.68. The van der Waals surface area contributed by atoms with E-state index in [1.54, 1.807) is 6.92 Å². The summed E-state index contributed by atoms with van der Waals surface area (Å²) in [7, 11) is 0. The summed E-state index contributed by atoms with van der Waals surface area (Å²) >= 11 is 0. The summed E-state index contributed by atoms with van der Waals surface area (Å²) in [5.41, 5.74) is 0.400. The van der Waals surface area contributed by atoms with Crippen LogP contribution in [0.5, 0.6) is 5.88 Å². The van der Waals surface area contributed by atoms with E-state index in [4.69, 9.17) is 5.11 Å². The smallest absolute Gasteiger partial charge is 0.341 e. The standard InChI is InChI=1S/C10H11F2NO3/c1-6-3-7(9(14)15)8(13-4-6)16-5-10(2,11)12/h3-4H,5H2,1-2H3,(H,14,15).